The van der Waals surface area contributed by atoms with E-state index in [0.717, 1.165) is 38.2 Å². The fourth-order valence-electron chi connectivity index (χ4n) is 5.78. The second-order valence-corrected chi connectivity index (χ2v) is 10.1. The van der Waals surface area contributed by atoms with E-state index in [1.807, 2.05) is 41.1 Å². The molecule has 2 amide bonds. The molecule has 200 valence electrons. The van der Waals surface area contributed by atoms with Gasteiger partial charge < -0.3 is 24.5 Å². The summed E-state index contributed by atoms with van der Waals surface area (Å²) in [5, 5.41) is 7.12. The van der Waals surface area contributed by atoms with Crippen LogP contribution in [-0.2, 0) is 9.59 Å². The van der Waals surface area contributed by atoms with Crippen LogP contribution < -0.4 is 4.74 Å². The minimum atomic E-state index is -5.08. The molecule has 0 bridgehead atoms. The Labute approximate surface area is 209 Å². The van der Waals surface area contributed by atoms with Gasteiger partial charge in [-0.15, -0.1) is 0 Å². The summed E-state index contributed by atoms with van der Waals surface area (Å²) < 4.78 is 36.9. The maximum atomic E-state index is 13.0. The second-order valence-electron chi connectivity index (χ2n) is 10.1. The number of fused-ring (bicyclic) bond motifs is 2. The van der Waals surface area contributed by atoms with Crippen molar-refractivity contribution in [3.63, 3.8) is 0 Å². The Hall–Kier alpha value is -2.82. The van der Waals surface area contributed by atoms with Crippen LogP contribution in [0.5, 0.6) is 5.75 Å². The number of rotatable bonds is 4. The van der Waals surface area contributed by atoms with Gasteiger partial charge in [0.25, 0.3) is 5.91 Å². The van der Waals surface area contributed by atoms with E-state index in [9.17, 15) is 22.8 Å². The molecule has 4 rings (SSSR count). The first kappa shape index (κ1) is 27.8. The lowest BCUT2D eigenvalue weighted by Crippen LogP contribution is -2.56. The predicted molar refractivity (Wildman–Crippen MR) is 126 cm³/mol. The summed E-state index contributed by atoms with van der Waals surface area (Å²) in [5.41, 5.74) is 0.601. The Morgan fingerprint density at radius 1 is 1.14 bits per heavy atom. The molecule has 1 aromatic carbocycles. The Morgan fingerprint density at radius 3 is 2.17 bits per heavy atom. The van der Waals surface area contributed by atoms with Crippen LogP contribution >= 0.6 is 0 Å². The average molecular weight is 514 g/mol. The highest BCUT2D eigenvalue weighted by Gasteiger charge is 2.60. The third-order valence-corrected chi connectivity index (χ3v) is 7.52. The molecule has 36 heavy (non-hydrogen) atoms. The van der Waals surface area contributed by atoms with Gasteiger partial charge >= 0.3 is 12.1 Å². The number of methoxy groups -OCH3 is 1. The largest absolute Gasteiger partial charge is 0.497 e. The van der Waals surface area contributed by atoms with Crippen molar-refractivity contribution in [1.29, 1.82) is 0 Å². The van der Waals surface area contributed by atoms with Crippen LogP contribution in [0.4, 0.5) is 13.2 Å². The van der Waals surface area contributed by atoms with Crippen molar-refractivity contribution in [2.45, 2.75) is 38.4 Å². The molecule has 0 radical (unpaired) electrons. The van der Waals surface area contributed by atoms with E-state index in [2.05, 4.69) is 18.7 Å². The Bertz CT molecular complexity index is 959. The molecular formula is C25H34F3N3O5. The number of alkyl halides is 3. The predicted octanol–water partition coefficient (Wildman–Crippen LogP) is 2.98. The summed E-state index contributed by atoms with van der Waals surface area (Å²) in [7, 11) is 3.60. The molecule has 1 spiro atoms. The molecule has 2 atom stereocenters. The normalized spacial score (nSPS) is 23.5. The highest BCUT2D eigenvalue weighted by atomic mass is 19.4. The first-order valence-corrected chi connectivity index (χ1v) is 12.0. The van der Waals surface area contributed by atoms with Gasteiger partial charge in [0.1, 0.15) is 5.75 Å². The molecule has 0 saturated carbocycles. The number of hydrogen-bond donors (Lipinski definition) is 1. The van der Waals surface area contributed by atoms with Gasteiger partial charge in [-0.25, -0.2) is 4.79 Å². The number of nitrogens with zero attached hydrogens (tertiary/aromatic N) is 3. The molecule has 3 heterocycles. The number of carbonyl (C=O) groups is 3. The lowest BCUT2D eigenvalue weighted by atomic mass is 9.75. The van der Waals surface area contributed by atoms with Crippen molar-refractivity contribution in [2.24, 2.45) is 17.8 Å². The topological polar surface area (TPSA) is 90.4 Å². The number of carboxylic acid groups (broad SMARTS) is 1. The summed E-state index contributed by atoms with van der Waals surface area (Å²) in [6, 6.07) is 7.31. The van der Waals surface area contributed by atoms with E-state index < -0.39 is 12.1 Å². The summed E-state index contributed by atoms with van der Waals surface area (Å²) in [4.78, 5) is 41.3. The Balaban J connectivity index is 0.000000454. The number of ether oxygens (including phenoxy) is 1. The maximum Gasteiger partial charge on any atom is 0.490 e. The molecule has 1 N–H and O–H groups in total. The number of carboxylic acids is 1. The zero-order chi connectivity index (χ0) is 26.8. The summed E-state index contributed by atoms with van der Waals surface area (Å²) in [6.07, 6.45) is -3.35. The molecule has 11 heteroatoms. The molecule has 8 nitrogen and oxygen atoms in total. The Kier molecular flexibility index (Phi) is 8.22. The number of hydrogen-bond acceptors (Lipinski definition) is 5. The molecular weight excluding hydrogens is 479 g/mol. The van der Waals surface area contributed by atoms with Crippen molar-refractivity contribution in [2.75, 3.05) is 46.9 Å². The number of halogens is 3. The van der Waals surface area contributed by atoms with E-state index in [0.29, 0.717) is 36.4 Å². The first-order chi connectivity index (χ1) is 16.8. The molecule has 3 saturated heterocycles. The van der Waals surface area contributed by atoms with Crippen molar-refractivity contribution < 1.29 is 37.4 Å². The number of benzene rings is 1. The SMILES string of the molecule is COc1ccc(C(=O)N2CCC3(CC2)[C@@H]2CN(CC(C)C)C[C@@H]2C(=O)N3C)cc1.O=C(O)C(F)(F)F. The van der Waals surface area contributed by atoms with Gasteiger partial charge in [-0.05, 0) is 43.0 Å². The highest BCUT2D eigenvalue weighted by Crippen LogP contribution is 2.49. The fraction of sp³-hybridized carbons (Fsp3) is 0.640. The molecule has 1 aromatic rings. The zero-order valence-electron chi connectivity index (χ0n) is 21.0. The van der Waals surface area contributed by atoms with Crippen LogP contribution in [-0.4, -0.2) is 96.2 Å². The monoisotopic (exact) mass is 513 g/mol. The van der Waals surface area contributed by atoms with Gasteiger partial charge in [0.15, 0.2) is 0 Å². The minimum absolute atomic E-state index is 0.0684. The summed E-state index contributed by atoms with van der Waals surface area (Å²) >= 11 is 0. The van der Waals surface area contributed by atoms with Gasteiger partial charge in [-0.2, -0.15) is 13.2 Å². The van der Waals surface area contributed by atoms with Crippen molar-refractivity contribution in [3.8, 4) is 5.75 Å². The number of aliphatic carboxylic acids is 1. The molecule has 3 aliphatic rings. The quantitative estimate of drug-likeness (QED) is 0.666. The first-order valence-electron chi connectivity index (χ1n) is 12.0. The molecule has 3 aliphatic heterocycles. The highest BCUT2D eigenvalue weighted by molar-refractivity contribution is 5.94. The van der Waals surface area contributed by atoms with Gasteiger partial charge in [0.2, 0.25) is 5.91 Å². The van der Waals surface area contributed by atoms with E-state index in [1.165, 1.54) is 0 Å². The summed E-state index contributed by atoms with van der Waals surface area (Å²) in [5.74, 6) is -0.507. The van der Waals surface area contributed by atoms with Gasteiger partial charge in [-0.3, -0.25) is 9.59 Å². The lowest BCUT2D eigenvalue weighted by molar-refractivity contribution is -0.192. The van der Waals surface area contributed by atoms with Crippen LogP contribution in [0.2, 0.25) is 0 Å². The molecule has 0 aromatic heterocycles. The number of amides is 2. The van der Waals surface area contributed by atoms with Crippen LogP contribution in [0, 0.1) is 17.8 Å². The van der Waals surface area contributed by atoms with Gasteiger partial charge in [0, 0.05) is 51.3 Å². The molecule has 3 fully saturated rings. The van der Waals surface area contributed by atoms with E-state index >= 15 is 0 Å². The van der Waals surface area contributed by atoms with Crippen molar-refractivity contribution >= 4 is 17.8 Å². The van der Waals surface area contributed by atoms with Gasteiger partial charge in [-0.1, -0.05) is 13.8 Å². The summed E-state index contributed by atoms with van der Waals surface area (Å²) in [6.45, 7) is 8.84. The number of piperidine rings is 1. The smallest absolute Gasteiger partial charge is 0.490 e. The lowest BCUT2D eigenvalue weighted by Gasteiger charge is -2.46. The molecule has 0 unspecified atom stereocenters. The maximum absolute atomic E-state index is 13.0. The van der Waals surface area contributed by atoms with Crippen molar-refractivity contribution in [1.82, 2.24) is 14.7 Å². The second kappa shape index (κ2) is 10.7. The van der Waals surface area contributed by atoms with E-state index in [-0.39, 0.29) is 17.4 Å². The number of carbonyl (C=O) groups excluding carboxylic acids is 2. The Morgan fingerprint density at radius 2 is 1.69 bits per heavy atom. The van der Waals surface area contributed by atoms with Crippen LogP contribution in [0.15, 0.2) is 24.3 Å². The third-order valence-electron chi connectivity index (χ3n) is 7.52. The fourth-order valence-corrected chi connectivity index (χ4v) is 5.78. The number of likely N-dealkylation sites (tertiary alicyclic amines) is 3. The van der Waals surface area contributed by atoms with Crippen molar-refractivity contribution in [3.05, 3.63) is 29.8 Å². The van der Waals surface area contributed by atoms with E-state index in [1.54, 1.807) is 7.11 Å². The average Bonchev–Trinajstić information content (AvgIpc) is 3.32. The minimum Gasteiger partial charge on any atom is -0.497 e. The van der Waals surface area contributed by atoms with Crippen LogP contribution in [0.25, 0.3) is 0 Å². The standard InChI is InChI=1S/C23H33N3O3.C2HF3O2/c1-16(2)13-25-14-19-20(15-25)23(24(3)22(19)28)9-11-26(12-10-23)21(27)17-5-7-18(29-4)8-6-17;3-2(4,5)1(6)7/h5-8,16,19-20H,9-15H2,1-4H3;(H,6,7)/t19-,20+;/m0./s1. The van der Waals surface area contributed by atoms with Crippen LogP contribution in [0.3, 0.4) is 0 Å². The molecule has 0 aliphatic carbocycles. The van der Waals surface area contributed by atoms with Gasteiger partial charge in [0.05, 0.1) is 18.6 Å². The van der Waals surface area contributed by atoms with Crippen LogP contribution in [0.1, 0.15) is 37.0 Å². The third kappa shape index (κ3) is 5.61. The zero-order valence-corrected chi connectivity index (χ0v) is 21.0. The van der Waals surface area contributed by atoms with E-state index in [4.69, 9.17) is 14.6 Å².